The summed E-state index contributed by atoms with van der Waals surface area (Å²) in [5, 5.41) is 12.0. The molecule has 0 saturated carbocycles. The third kappa shape index (κ3) is 2.66. The third-order valence-corrected chi connectivity index (χ3v) is 2.99. The molecule has 0 saturated heterocycles. The zero-order valence-electron chi connectivity index (χ0n) is 11.2. The summed E-state index contributed by atoms with van der Waals surface area (Å²) in [6, 6.07) is 13.8. The fraction of sp³-hybridized carbons (Fsp3) is 0.133. The van der Waals surface area contributed by atoms with Crippen molar-refractivity contribution < 1.29 is 0 Å². The van der Waals surface area contributed by atoms with Crippen molar-refractivity contribution in [3.8, 4) is 5.69 Å². The van der Waals surface area contributed by atoms with Gasteiger partial charge in [0.2, 0.25) is 0 Å². The Kier molecular flexibility index (Phi) is 3.41. The van der Waals surface area contributed by atoms with Crippen molar-refractivity contribution in [1.29, 1.82) is 0 Å². The van der Waals surface area contributed by atoms with Crippen LogP contribution >= 0.6 is 0 Å². The molecule has 20 heavy (non-hydrogen) atoms. The fourth-order valence-electron chi connectivity index (χ4n) is 1.92. The van der Waals surface area contributed by atoms with E-state index >= 15 is 0 Å². The van der Waals surface area contributed by atoms with E-state index in [1.165, 1.54) is 0 Å². The molecule has 0 amide bonds. The summed E-state index contributed by atoms with van der Waals surface area (Å²) in [6.45, 7) is 2.60. The van der Waals surface area contributed by atoms with Crippen LogP contribution < -0.4 is 5.32 Å². The van der Waals surface area contributed by atoms with Crippen molar-refractivity contribution in [2.24, 2.45) is 0 Å². The minimum absolute atomic E-state index is 0.624. The lowest BCUT2D eigenvalue weighted by Gasteiger charge is -2.06. The minimum Gasteiger partial charge on any atom is -0.378 e. The van der Waals surface area contributed by atoms with Crippen molar-refractivity contribution >= 4 is 5.69 Å². The van der Waals surface area contributed by atoms with Crippen molar-refractivity contribution in [3.05, 3.63) is 66.2 Å². The zero-order valence-corrected chi connectivity index (χ0v) is 11.2. The number of rotatable bonds is 4. The van der Waals surface area contributed by atoms with E-state index in [-0.39, 0.29) is 0 Å². The van der Waals surface area contributed by atoms with E-state index in [1.54, 1.807) is 17.2 Å². The molecule has 0 aliphatic carbocycles. The van der Waals surface area contributed by atoms with Gasteiger partial charge in [-0.2, -0.15) is 15.0 Å². The molecule has 0 spiro atoms. The SMILES string of the molecule is Cc1ncccc1NCc1cnn(-c2ccccc2)n1. The van der Waals surface area contributed by atoms with Gasteiger partial charge in [0.1, 0.15) is 5.69 Å². The summed E-state index contributed by atoms with van der Waals surface area (Å²) in [4.78, 5) is 5.87. The van der Waals surface area contributed by atoms with Crippen LogP contribution in [0.25, 0.3) is 5.69 Å². The van der Waals surface area contributed by atoms with E-state index in [2.05, 4.69) is 20.5 Å². The summed E-state index contributed by atoms with van der Waals surface area (Å²) in [5.74, 6) is 0. The molecule has 0 aliphatic rings. The Morgan fingerprint density at radius 2 is 1.95 bits per heavy atom. The fourth-order valence-corrected chi connectivity index (χ4v) is 1.92. The lowest BCUT2D eigenvalue weighted by atomic mass is 10.3. The van der Waals surface area contributed by atoms with Crippen LogP contribution in [0.5, 0.6) is 0 Å². The number of aromatic nitrogens is 4. The molecule has 2 aromatic heterocycles. The normalized spacial score (nSPS) is 10.4. The van der Waals surface area contributed by atoms with Crippen LogP contribution in [-0.4, -0.2) is 20.0 Å². The molecule has 0 fully saturated rings. The third-order valence-electron chi connectivity index (χ3n) is 2.99. The number of aryl methyl sites for hydroxylation is 1. The first-order chi connectivity index (χ1) is 9.83. The van der Waals surface area contributed by atoms with Gasteiger partial charge in [-0.3, -0.25) is 4.98 Å². The second-order valence-corrected chi connectivity index (χ2v) is 4.45. The minimum atomic E-state index is 0.624. The number of benzene rings is 1. The molecule has 1 N–H and O–H groups in total. The largest absolute Gasteiger partial charge is 0.378 e. The Balaban J connectivity index is 1.71. The van der Waals surface area contributed by atoms with Gasteiger partial charge in [-0.25, -0.2) is 0 Å². The molecule has 2 heterocycles. The van der Waals surface area contributed by atoms with E-state index in [1.807, 2.05) is 49.4 Å². The van der Waals surface area contributed by atoms with Gasteiger partial charge >= 0.3 is 0 Å². The highest BCUT2D eigenvalue weighted by Gasteiger charge is 2.03. The number of hydrogen-bond acceptors (Lipinski definition) is 4. The van der Waals surface area contributed by atoms with Crippen LogP contribution in [0.2, 0.25) is 0 Å². The van der Waals surface area contributed by atoms with Gasteiger partial charge in [-0.05, 0) is 31.2 Å². The van der Waals surface area contributed by atoms with Crippen molar-refractivity contribution in [2.75, 3.05) is 5.32 Å². The number of nitrogens with zero attached hydrogens (tertiary/aromatic N) is 4. The topological polar surface area (TPSA) is 55.6 Å². The predicted molar refractivity (Wildman–Crippen MR) is 77.7 cm³/mol. The molecule has 0 unspecified atom stereocenters. The Morgan fingerprint density at radius 1 is 1.10 bits per heavy atom. The van der Waals surface area contributed by atoms with Gasteiger partial charge in [-0.15, -0.1) is 0 Å². The quantitative estimate of drug-likeness (QED) is 0.787. The number of nitrogens with one attached hydrogen (secondary N) is 1. The predicted octanol–water partition coefficient (Wildman–Crippen LogP) is 2.58. The Bertz CT molecular complexity index is 690. The number of pyridine rings is 1. The molecule has 100 valence electrons. The van der Waals surface area contributed by atoms with E-state index in [0.29, 0.717) is 6.54 Å². The van der Waals surface area contributed by atoms with Gasteiger partial charge in [0, 0.05) is 6.20 Å². The lowest BCUT2D eigenvalue weighted by molar-refractivity contribution is 0.740. The summed E-state index contributed by atoms with van der Waals surface area (Å²) in [6.07, 6.45) is 3.55. The van der Waals surface area contributed by atoms with Crippen LogP contribution in [0, 0.1) is 6.92 Å². The van der Waals surface area contributed by atoms with Gasteiger partial charge in [0.05, 0.1) is 29.8 Å². The average molecular weight is 265 g/mol. The molecule has 5 nitrogen and oxygen atoms in total. The highest BCUT2D eigenvalue weighted by atomic mass is 15.5. The molecule has 0 bridgehead atoms. The Labute approximate surface area is 117 Å². The van der Waals surface area contributed by atoms with Crippen LogP contribution in [-0.2, 0) is 6.54 Å². The summed E-state index contributed by atoms with van der Waals surface area (Å²) in [7, 11) is 0. The van der Waals surface area contributed by atoms with E-state index < -0.39 is 0 Å². The molecule has 0 atom stereocenters. The average Bonchev–Trinajstić information content (AvgIpc) is 2.96. The molecule has 3 rings (SSSR count). The van der Waals surface area contributed by atoms with Crippen LogP contribution in [0.15, 0.2) is 54.9 Å². The number of hydrogen-bond donors (Lipinski definition) is 1. The highest BCUT2D eigenvalue weighted by Crippen LogP contribution is 2.11. The maximum absolute atomic E-state index is 4.45. The molecule has 0 aliphatic heterocycles. The van der Waals surface area contributed by atoms with Crippen molar-refractivity contribution in [2.45, 2.75) is 13.5 Å². The second-order valence-electron chi connectivity index (χ2n) is 4.45. The Morgan fingerprint density at radius 3 is 2.75 bits per heavy atom. The molecule has 0 radical (unpaired) electrons. The van der Waals surface area contributed by atoms with Crippen LogP contribution in [0.1, 0.15) is 11.4 Å². The number of anilines is 1. The van der Waals surface area contributed by atoms with Gasteiger partial charge in [-0.1, -0.05) is 18.2 Å². The second kappa shape index (κ2) is 5.52. The monoisotopic (exact) mass is 265 g/mol. The van der Waals surface area contributed by atoms with Gasteiger partial charge in [0.15, 0.2) is 0 Å². The van der Waals surface area contributed by atoms with Crippen molar-refractivity contribution in [3.63, 3.8) is 0 Å². The van der Waals surface area contributed by atoms with Crippen LogP contribution in [0.3, 0.4) is 0 Å². The molecular weight excluding hydrogens is 250 g/mol. The number of para-hydroxylation sites is 1. The first kappa shape index (κ1) is 12.3. The molecule has 5 heteroatoms. The standard InChI is InChI=1S/C15H15N5/c1-12-15(8-5-9-16-12)17-10-13-11-18-20(19-13)14-6-3-2-4-7-14/h2-9,11,17H,10H2,1H3. The van der Waals surface area contributed by atoms with Crippen molar-refractivity contribution in [1.82, 2.24) is 20.0 Å². The van der Waals surface area contributed by atoms with E-state index in [0.717, 1.165) is 22.8 Å². The summed E-state index contributed by atoms with van der Waals surface area (Å²) >= 11 is 0. The smallest absolute Gasteiger partial charge is 0.102 e. The van der Waals surface area contributed by atoms with E-state index in [9.17, 15) is 0 Å². The molecule has 1 aromatic carbocycles. The maximum atomic E-state index is 4.45. The van der Waals surface area contributed by atoms with E-state index in [4.69, 9.17) is 0 Å². The first-order valence-corrected chi connectivity index (χ1v) is 6.45. The molecular formula is C15H15N5. The molecule has 3 aromatic rings. The van der Waals surface area contributed by atoms with Crippen LogP contribution in [0.4, 0.5) is 5.69 Å². The summed E-state index contributed by atoms with van der Waals surface area (Å²) in [5.41, 5.74) is 3.83. The lowest BCUT2D eigenvalue weighted by Crippen LogP contribution is -2.04. The maximum Gasteiger partial charge on any atom is 0.102 e. The highest BCUT2D eigenvalue weighted by molar-refractivity contribution is 5.46. The first-order valence-electron chi connectivity index (χ1n) is 6.45. The zero-order chi connectivity index (χ0) is 13.8. The Hall–Kier alpha value is -2.69. The van der Waals surface area contributed by atoms with Gasteiger partial charge < -0.3 is 5.32 Å². The summed E-state index contributed by atoms with van der Waals surface area (Å²) < 4.78 is 0. The van der Waals surface area contributed by atoms with Gasteiger partial charge in [0.25, 0.3) is 0 Å².